The molecule has 0 spiro atoms. The molecule has 190 valence electrons. The van der Waals surface area contributed by atoms with Crippen LogP contribution in [0.5, 0.6) is 11.5 Å². The number of ether oxygens (including phenoxy) is 3. The van der Waals surface area contributed by atoms with E-state index in [-0.39, 0.29) is 41.2 Å². The van der Waals surface area contributed by atoms with E-state index in [4.69, 9.17) is 37.4 Å². The molecule has 1 aliphatic heterocycles. The first kappa shape index (κ1) is 27.4. The van der Waals surface area contributed by atoms with E-state index in [0.717, 1.165) is 4.90 Å². The molecular formula is C24H22Cl2N2O7S. The van der Waals surface area contributed by atoms with Crippen LogP contribution in [0.2, 0.25) is 10.0 Å². The Bertz CT molecular complexity index is 1220. The molecule has 1 heterocycles. The van der Waals surface area contributed by atoms with Gasteiger partial charge in [0.15, 0.2) is 18.1 Å². The van der Waals surface area contributed by atoms with Crippen molar-refractivity contribution in [3.8, 4) is 11.5 Å². The molecule has 0 bridgehead atoms. The molecule has 0 aliphatic carbocycles. The molecule has 12 heteroatoms. The number of carbonyl (C=O) groups is 4. The number of rotatable bonds is 10. The van der Waals surface area contributed by atoms with Gasteiger partial charge in [-0.2, -0.15) is 0 Å². The van der Waals surface area contributed by atoms with Crippen molar-refractivity contribution in [2.75, 3.05) is 31.7 Å². The normalized spacial score (nSPS) is 14.2. The van der Waals surface area contributed by atoms with Crippen LogP contribution in [0.25, 0.3) is 6.08 Å². The maximum atomic E-state index is 12.8. The molecule has 1 fully saturated rings. The summed E-state index contributed by atoms with van der Waals surface area (Å²) in [5, 5.41) is 2.45. The zero-order valence-corrected chi connectivity index (χ0v) is 21.7. The van der Waals surface area contributed by atoms with Crippen molar-refractivity contribution in [3.63, 3.8) is 0 Å². The van der Waals surface area contributed by atoms with Gasteiger partial charge in [-0.3, -0.25) is 19.3 Å². The fraction of sp³-hybridized carbons (Fsp3) is 0.250. The summed E-state index contributed by atoms with van der Waals surface area (Å²) in [7, 11) is 0. The van der Waals surface area contributed by atoms with Crippen LogP contribution in [0, 0.1) is 0 Å². The van der Waals surface area contributed by atoms with Crippen LogP contribution in [0.3, 0.4) is 0 Å². The van der Waals surface area contributed by atoms with Gasteiger partial charge >= 0.3 is 5.97 Å². The number of nitrogens with one attached hydrogen (secondary N) is 1. The number of benzene rings is 2. The highest BCUT2D eigenvalue weighted by Gasteiger charge is 2.36. The van der Waals surface area contributed by atoms with E-state index >= 15 is 0 Å². The summed E-state index contributed by atoms with van der Waals surface area (Å²) >= 11 is 13.1. The van der Waals surface area contributed by atoms with Crippen molar-refractivity contribution in [2.24, 2.45) is 0 Å². The first-order chi connectivity index (χ1) is 17.2. The second kappa shape index (κ2) is 12.7. The van der Waals surface area contributed by atoms with E-state index in [1.54, 1.807) is 44.2 Å². The van der Waals surface area contributed by atoms with Gasteiger partial charge < -0.3 is 19.5 Å². The van der Waals surface area contributed by atoms with Gasteiger partial charge in [0.05, 0.1) is 33.9 Å². The molecular weight excluding hydrogens is 531 g/mol. The molecule has 1 N–H and O–H groups in total. The molecule has 0 unspecified atom stereocenters. The molecule has 0 atom stereocenters. The van der Waals surface area contributed by atoms with Crippen molar-refractivity contribution < 1.29 is 33.4 Å². The van der Waals surface area contributed by atoms with Gasteiger partial charge in [-0.05, 0) is 61.5 Å². The second-order valence-corrected chi connectivity index (χ2v) is 8.96. The number of thioether (sulfide) groups is 1. The summed E-state index contributed by atoms with van der Waals surface area (Å²) < 4.78 is 15.9. The summed E-state index contributed by atoms with van der Waals surface area (Å²) in [5.41, 5.74) is 0.827. The number of carbonyl (C=O) groups excluding carboxylic acids is 4. The summed E-state index contributed by atoms with van der Waals surface area (Å²) in [6, 6.07) is 9.68. The van der Waals surface area contributed by atoms with Gasteiger partial charge in [-0.1, -0.05) is 35.3 Å². The van der Waals surface area contributed by atoms with Crippen molar-refractivity contribution in [1.82, 2.24) is 4.90 Å². The first-order valence-corrected chi connectivity index (χ1v) is 12.3. The Morgan fingerprint density at radius 2 is 1.81 bits per heavy atom. The van der Waals surface area contributed by atoms with E-state index in [9.17, 15) is 19.2 Å². The van der Waals surface area contributed by atoms with Crippen molar-refractivity contribution >= 4 is 69.8 Å². The Morgan fingerprint density at radius 3 is 2.50 bits per heavy atom. The minimum atomic E-state index is -0.629. The quantitative estimate of drug-likeness (QED) is 0.323. The molecule has 1 aliphatic rings. The zero-order valence-electron chi connectivity index (χ0n) is 19.3. The lowest BCUT2D eigenvalue weighted by Crippen LogP contribution is -2.36. The molecule has 0 saturated carbocycles. The Kier molecular flexibility index (Phi) is 9.63. The monoisotopic (exact) mass is 552 g/mol. The lowest BCUT2D eigenvalue weighted by Gasteiger charge is -2.14. The molecule has 3 rings (SSSR count). The molecule has 36 heavy (non-hydrogen) atoms. The number of hydrogen-bond donors (Lipinski definition) is 1. The predicted molar refractivity (Wildman–Crippen MR) is 138 cm³/mol. The summed E-state index contributed by atoms with van der Waals surface area (Å²) in [4.78, 5) is 50.3. The molecule has 0 aromatic heterocycles. The highest BCUT2D eigenvalue weighted by molar-refractivity contribution is 8.18. The summed E-state index contributed by atoms with van der Waals surface area (Å²) in [6.07, 6.45) is 1.46. The van der Waals surface area contributed by atoms with Crippen LogP contribution in [-0.4, -0.2) is 54.3 Å². The lowest BCUT2D eigenvalue weighted by atomic mass is 10.1. The number of anilines is 1. The van der Waals surface area contributed by atoms with Crippen LogP contribution < -0.4 is 14.8 Å². The smallest absolute Gasteiger partial charge is 0.344 e. The van der Waals surface area contributed by atoms with Gasteiger partial charge in [-0.15, -0.1) is 0 Å². The molecule has 2 aromatic rings. The predicted octanol–water partition coefficient (Wildman–Crippen LogP) is 5.01. The van der Waals surface area contributed by atoms with Crippen LogP contribution in [-0.2, 0) is 19.1 Å². The minimum Gasteiger partial charge on any atom is -0.490 e. The summed E-state index contributed by atoms with van der Waals surface area (Å²) in [6.45, 7) is 3.10. The van der Waals surface area contributed by atoms with Crippen LogP contribution in [0.4, 0.5) is 10.5 Å². The summed E-state index contributed by atoms with van der Waals surface area (Å²) in [5.74, 6) is -1.37. The topological polar surface area (TPSA) is 111 Å². The average Bonchev–Trinajstić information content (AvgIpc) is 3.07. The zero-order chi connectivity index (χ0) is 26.2. The lowest BCUT2D eigenvalue weighted by molar-refractivity contribution is -0.145. The van der Waals surface area contributed by atoms with Crippen molar-refractivity contribution in [2.45, 2.75) is 13.8 Å². The van der Waals surface area contributed by atoms with E-state index in [1.165, 1.54) is 12.1 Å². The molecule has 2 aromatic carbocycles. The van der Waals surface area contributed by atoms with Crippen molar-refractivity contribution in [3.05, 3.63) is 56.9 Å². The third kappa shape index (κ3) is 6.93. The highest BCUT2D eigenvalue weighted by atomic mass is 35.5. The Hall–Kier alpha value is -3.21. The number of halogens is 2. The largest absolute Gasteiger partial charge is 0.490 e. The standard InChI is InChI=1S/C24H22Cl2N2O7S/c1-3-33-18-10-14(9-16(26)22(18)35-13-21(30)34-4-2)11-19-23(31)28(24(32)36-19)12-20(29)27-17-8-6-5-7-15(17)25/h5-11H,3-4,12-13H2,1-2H3,(H,27,29)/b19-11+. The Balaban J connectivity index is 1.76. The van der Waals surface area contributed by atoms with E-state index in [0.29, 0.717) is 28.0 Å². The maximum absolute atomic E-state index is 12.8. The molecule has 9 nitrogen and oxygen atoms in total. The Labute approximate surface area is 221 Å². The third-order valence-corrected chi connectivity index (χ3v) is 6.11. The highest BCUT2D eigenvalue weighted by Crippen LogP contribution is 2.39. The number of para-hydroxylation sites is 1. The molecule has 0 radical (unpaired) electrons. The van der Waals surface area contributed by atoms with Gasteiger partial charge in [0.1, 0.15) is 6.54 Å². The van der Waals surface area contributed by atoms with E-state index in [1.807, 2.05) is 0 Å². The van der Waals surface area contributed by atoms with Crippen LogP contribution in [0.1, 0.15) is 19.4 Å². The second-order valence-electron chi connectivity index (χ2n) is 7.15. The van der Waals surface area contributed by atoms with Gasteiger partial charge in [-0.25, -0.2) is 4.79 Å². The van der Waals surface area contributed by atoms with Gasteiger partial charge in [0, 0.05) is 0 Å². The number of imide groups is 1. The third-order valence-electron chi connectivity index (χ3n) is 4.59. The van der Waals surface area contributed by atoms with E-state index in [2.05, 4.69) is 5.32 Å². The maximum Gasteiger partial charge on any atom is 0.344 e. The number of hydrogen-bond acceptors (Lipinski definition) is 8. The minimum absolute atomic E-state index is 0.101. The number of esters is 1. The molecule has 3 amide bonds. The Morgan fingerprint density at radius 1 is 1.06 bits per heavy atom. The van der Waals surface area contributed by atoms with E-state index < -0.39 is 29.6 Å². The SMILES string of the molecule is CCOC(=O)COc1c(Cl)cc(/C=C2/SC(=O)N(CC(=O)Nc3ccccc3Cl)C2=O)cc1OCC. The fourth-order valence-electron chi connectivity index (χ4n) is 3.09. The van der Waals surface area contributed by atoms with Crippen molar-refractivity contribution in [1.29, 1.82) is 0 Å². The van der Waals surface area contributed by atoms with Gasteiger partial charge in [0.2, 0.25) is 5.91 Å². The fourth-order valence-corrected chi connectivity index (χ4v) is 4.39. The number of amides is 3. The van der Waals surface area contributed by atoms with Gasteiger partial charge in [0.25, 0.3) is 11.1 Å². The first-order valence-electron chi connectivity index (χ1n) is 10.8. The average molecular weight is 553 g/mol. The molecule has 1 saturated heterocycles. The number of nitrogens with zero attached hydrogens (tertiary/aromatic N) is 1. The van der Waals surface area contributed by atoms with Crippen LogP contribution >= 0.6 is 35.0 Å². The van der Waals surface area contributed by atoms with Crippen LogP contribution in [0.15, 0.2) is 41.3 Å².